The van der Waals surface area contributed by atoms with Gasteiger partial charge in [0, 0.05) is 18.0 Å². The zero-order valence-electron chi connectivity index (χ0n) is 8.84. The number of aliphatic carboxylic acids is 1. The summed E-state index contributed by atoms with van der Waals surface area (Å²) >= 11 is 0. The first-order valence-corrected chi connectivity index (χ1v) is 4.84. The number of nitrogens with two attached hydrogens (primary N) is 1. The molecule has 5 heteroatoms. The van der Waals surface area contributed by atoms with Crippen molar-refractivity contribution in [3.63, 3.8) is 0 Å². The predicted molar refractivity (Wildman–Crippen MR) is 54.9 cm³/mol. The highest BCUT2D eigenvalue weighted by Crippen LogP contribution is 2.22. The molecule has 0 fully saturated rings. The Hall–Kier alpha value is -1.49. The molecule has 0 radical (unpaired) electrons. The summed E-state index contributed by atoms with van der Waals surface area (Å²) in [7, 11) is 0. The minimum Gasteiger partial charge on any atom is -0.481 e. The number of halogens is 2. The highest BCUT2D eigenvalue weighted by atomic mass is 19.1. The molecular formula is C11H13F2NO2. The van der Waals surface area contributed by atoms with E-state index in [-0.39, 0.29) is 24.0 Å². The summed E-state index contributed by atoms with van der Waals surface area (Å²) in [6, 6.07) is 1.29. The molecule has 1 aromatic rings. The SMILES string of the molecule is Cc1cc(F)c(C(N)CCC(=O)O)cc1F. The fourth-order valence-corrected chi connectivity index (χ4v) is 1.38. The van der Waals surface area contributed by atoms with Gasteiger partial charge >= 0.3 is 5.97 Å². The third kappa shape index (κ3) is 3.00. The fourth-order valence-electron chi connectivity index (χ4n) is 1.38. The average molecular weight is 229 g/mol. The van der Waals surface area contributed by atoms with Gasteiger partial charge in [0.1, 0.15) is 11.6 Å². The molecule has 0 bridgehead atoms. The van der Waals surface area contributed by atoms with E-state index in [9.17, 15) is 13.6 Å². The molecule has 3 nitrogen and oxygen atoms in total. The third-order valence-corrected chi connectivity index (χ3v) is 2.35. The highest BCUT2D eigenvalue weighted by molar-refractivity contribution is 5.66. The first kappa shape index (κ1) is 12.6. The van der Waals surface area contributed by atoms with Gasteiger partial charge in [0.15, 0.2) is 0 Å². The Morgan fingerprint density at radius 1 is 1.44 bits per heavy atom. The topological polar surface area (TPSA) is 63.3 Å². The van der Waals surface area contributed by atoms with E-state index < -0.39 is 23.6 Å². The van der Waals surface area contributed by atoms with Crippen molar-refractivity contribution in [3.05, 3.63) is 34.9 Å². The van der Waals surface area contributed by atoms with Crippen LogP contribution in [0.15, 0.2) is 12.1 Å². The maximum Gasteiger partial charge on any atom is 0.303 e. The van der Waals surface area contributed by atoms with Crippen LogP contribution in [0.3, 0.4) is 0 Å². The van der Waals surface area contributed by atoms with Crippen LogP contribution in [0.25, 0.3) is 0 Å². The first-order chi connectivity index (χ1) is 7.41. The molecule has 0 aliphatic rings. The summed E-state index contributed by atoms with van der Waals surface area (Å²) in [5.74, 6) is -2.15. The number of aryl methyl sites for hydroxylation is 1. The Kier molecular flexibility index (Phi) is 3.95. The number of carbonyl (C=O) groups is 1. The van der Waals surface area contributed by atoms with Crippen LogP contribution in [-0.4, -0.2) is 11.1 Å². The lowest BCUT2D eigenvalue weighted by Gasteiger charge is -2.12. The summed E-state index contributed by atoms with van der Waals surface area (Å²) in [6.07, 6.45) is -0.0924. The Morgan fingerprint density at radius 3 is 2.62 bits per heavy atom. The van der Waals surface area contributed by atoms with Crippen molar-refractivity contribution in [3.8, 4) is 0 Å². The predicted octanol–water partition coefficient (Wildman–Crippen LogP) is 2.14. The minimum atomic E-state index is -1.01. The Bertz CT molecular complexity index is 407. The molecule has 0 aromatic heterocycles. The van der Waals surface area contributed by atoms with Gasteiger partial charge in [-0.15, -0.1) is 0 Å². The van der Waals surface area contributed by atoms with Gasteiger partial charge < -0.3 is 10.8 Å². The summed E-state index contributed by atoms with van der Waals surface area (Å²) in [6.45, 7) is 1.45. The van der Waals surface area contributed by atoms with Gasteiger partial charge in [0.05, 0.1) is 0 Å². The summed E-state index contributed by atoms with van der Waals surface area (Å²) in [5, 5.41) is 8.45. The van der Waals surface area contributed by atoms with Crippen molar-refractivity contribution in [2.24, 2.45) is 5.73 Å². The molecule has 1 atom stereocenters. The van der Waals surface area contributed by atoms with Crippen LogP contribution in [0.1, 0.15) is 30.0 Å². The van der Waals surface area contributed by atoms with Crippen LogP contribution in [0.4, 0.5) is 8.78 Å². The molecule has 3 N–H and O–H groups in total. The molecule has 0 saturated carbocycles. The highest BCUT2D eigenvalue weighted by Gasteiger charge is 2.15. The third-order valence-electron chi connectivity index (χ3n) is 2.35. The second-order valence-corrected chi connectivity index (χ2v) is 3.66. The molecule has 1 aromatic carbocycles. The standard InChI is InChI=1S/C11H13F2NO2/c1-6-4-9(13)7(5-8(6)12)10(14)2-3-11(15)16/h4-5,10H,2-3,14H2,1H3,(H,15,16). The van der Waals surface area contributed by atoms with Crippen molar-refractivity contribution >= 4 is 5.97 Å². The molecule has 1 unspecified atom stereocenters. The quantitative estimate of drug-likeness (QED) is 0.831. The molecule has 0 spiro atoms. The van der Waals surface area contributed by atoms with Crippen molar-refractivity contribution < 1.29 is 18.7 Å². The number of benzene rings is 1. The van der Waals surface area contributed by atoms with Gasteiger partial charge in [-0.2, -0.15) is 0 Å². The van der Waals surface area contributed by atoms with Gasteiger partial charge in [-0.25, -0.2) is 8.78 Å². The number of rotatable bonds is 4. The van der Waals surface area contributed by atoms with Gasteiger partial charge in [-0.3, -0.25) is 4.79 Å². The van der Waals surface area contributed by atoms with Gasteiger partial charge in [0.2, 0.25) is 0 Å². The zero-order valence-corrected chi connectivity index (χ0v) is 8.84. The fraction of sp³-hybridized carbons (Fsp3) is 0.364. The molecule has 0 aliphatic heterocycles. The Morgan fingerprint density at radius 2 is 2.06 bits per heavy atom. The van der Waals surface area contributed by atoms with E-state index in [1.54, 1.807) is 0 Å². The van der Waals surface area contributed by atoms with Crippen molar-refractivity contribution in [2.75, 3.05) is 0 Å². The van der Waals surface area contributed by atoms with Crippen LogP contribution in [0, 0.1) is 18.6 Å². The normalized spacial score (nSPS) is 12.5. The van der Waals surface area contributed by atoms with Gasteiger partial charge in [0.25, 0.3) is 0 Å². The van der Waals surface area contributed by atoms with Crippen LogP contribution >= 0.6 is 0 Å². The van der Waals surface area contributed by atoms with Crippen LogP contribution in [-0.2, 0) is 4.79 Å². The average Bonchev–Trinajstić information content (AvgIpc) is 2.20. The lowest BCUT2D eigenvalue weighted by Crippen LogP contribution is -2.14. The number of hydrogen-bond donors (Lipinski definition) is 2. The molecule has 0 heterocycles. The number of hydrogen-bond acceptors (Lipinski definition) is 2. The largest absolute Gasteiger partial charge is 0.481 e. The summed E-state index contributed by atoms with van der Waals surface area (Å²) in [4.78, 5) is 10.3. The van der Waals surface area contributed by atoms with Crippen molar-refractivity contribution in [1.82, 2.24) is 0 Å². The lowest BCUT2D eigenvalue weighted by molar-refractivity contribution is -0.137. The maximum absolute atomic E-state index is 13.4. The van der Waals surface area contributed by atoms with E-state index in [0.717, 1.165) is 12.1 Å². The van der Waals surface area contributed by atoms with Crippen LogP contribution in [0.2, 0.25) is 0 Å². The van der Waals surface area contributed by atoms with Crippen LogP contribution < -0.4 is 5.73 Å². The molecule has 0 amide bonds. The van der Waals surface area contributed by atoms with E-state index in [4.69, 9.17) is 10.8 Å². The molecule has 0 aliphatic carbocycles. The van der Waals surface area contributed by atoms with Gasteiger partial charge in [-0.1, -0.05) is 0 Å². The second kappa shape index (κ2) is 5.03. The van der Waals surface area contributed by atoms with E-state index >= 15 is 0 Å². The van der Waals surface area contributed by atoms with E-state index in [1.807, 2.05) is 0 Å². The molecule has 1 rings (SSSR count). The minimum absolute atomic E-state index is 0.0179. The summed E-state index contributed by atoms with van der Waals surface area (Å²) in [5.41, 5.74) is 5.81. The van der Waals surface area contributed by atoms with E-state index in [2.05, 4.69) is 0 Å². The first-order valence-electron chi connectivity index (χ1n) is 4.84. The smallest absolute Gasteiger partial charge is 0.303 e. The number of carboxylic acids is 1. The Labute approximate surface area is 91.9 Å². The number of carboxylic acid groups (broad SMARTS) is 1. The lowest BCUT2D eigenvalue weighted by atomic mass is 10.0. The maximum atomic E-state index is 13.4. The van der Waals surface area contributed by atoms with Crippen LogP contribution in [0.5, 0.6) is 0 Å². The van der Waals surface area contributed by atoms with Crippen molar-refractivity contribution in [2.45, 2.75) is 25.8 Å². The monoisotopic (exact) mass is 229 g/mol. The molecule has 0 saturated heterocycles. The van der Waals surface area contributed by atoms with E-state index in [1.165, 1.54) is 6.92 Å². The Balaban J connectivity index is 2.86. The molecule has 16 heavy (non-hydrogen) atoms. The zero-order chi connectivity index (χ0) is 12.3. The van der Waals surface area contributed by atoms with E-state index in [0.29, 0.717) is 0 Å². The molecule has 88 valence electrons. The van der Waals surface area contributed by atoms with Gasteiger partial charge in [-0.05, 0) is 31.0 Å². The second-order valence-electron chi connectivity index (χ2n) is 3.66. The molecular weight excluding hydrogens is 216 g/mol. The summed E-state index contributed by atoms with van der Waals surface area (Å²) < 4.78 is 26.6. The van der Waals surface area contributed by atoms with Crippen molar-refractivity contribution in [1.29, 1.82) is 0 Å².